The molecule has 0 saturated heterocycles. The maximum absolute atomic E-state index is 10.5. The molecule has 0 rings (SSSR count). The summed E-state index contributed by atoms with van der Waals surface area (Å²) in [5, 5.41) is 0. The molecule has 0 spiro atoms. The van der Waals surface area contributed by atoms with Gasteiger partial charge in [-0.15, -0.1) is 0 Å². The van der Waals surface area contributed by atoms with Crippen LogP contribution in [0.15, 0.2) is 0 Å². The molecule has 1 unspecified atom stereocenters. The highest BCUT2D eigenvalue weighted by atomic mass is 16.1. The Morgan fingerprint density at radius 1 is 1.33 bits per heavy atom. The Morgan fingerprint density at radius 3 is 2.42 bits per heavy atom. The highest BCUT2D eigenvalue weighted by molar-refractivity contribution is 5.73. The topological polar surface area (TPSA) is 69.1 Å². The third-order valence-corrected chi connectivity index (χ3v) is 2.07. The molecule has 0 aromatic carbocycles. The minimum Gasteiger partial charge on any atom is -0.370 e. The third kappa shape index (κ3) is 6.16. The molecule has 0 aliphatic carbocycles. The largest absolute Gasteiger partial charge is 0.370 e. The van der Waals surface area contributed by atoms with Gasteiger partial charge in [-0.25, -0.2) is 0 Å². The van der Waals surface area contributed by atoms with Crippen LogP contribution in [0.25, 0.3) is 0 Å². The smallest absolute Gasteiger partial charge is 0.217 e. The van der Waals surface area contributed by atoms with Crippen LogP contribution in [-0.2, 0) is 4.79 Å². The zero-order valence-electron chi connectivity index (χ0n) is 7.88. The molecular weight excluding hydrogens is 152 g/mol. The molecule has 0 heterocycles. The Kier molecular flexibility index (Phi) is 6.76. The molecule has 0 fully saturated rings. The molecular formula is C9H20N2O. The van der Waals surface area contributed by atoms with Crippen LogP contribution in [0.3, 0.4) is 0 Å². The Morgan fingerprint density at radius 2 is 2.00 bits per heavy atom. The molecule has 0 aromatic rings. The highest BCUT2D eigenvalue weighted by Gasteiger charge is 2.07. The van der Waals surface area contributed by atoms with Gasteiger partial charge in [-0.1, -0.05) is 19.8 Å². The van der Waals surface area contributed by atoms with Crippen LogP contribution < -0.4 is 11.5 Å². The average Bonchev–Trinajstić information content (AvgIpc) is 2.01. The summed E-state index contributed by atoms with van der Waals surface area (Å²) in [6.45, 7) is 2.86. The first-order valence-corrected chi connectivity index (χ1v) is 4.69. The van der Waals surface area contributed by atoms with Crippen molar-refractivity contribution >= 4 is 5.91 Å². The van der Waals surface area contributed by atoms with Crippen LogP contribution in [0.2, 0.25) is 0 Å². The van der Waals surface area contributed by atoms with E-state index in [0.717, 1.165) is 25.7 Å². The van der Waals surface area contributed by atoms with E-state index in [0.29, 0.717) is 18.9 Å². The molecule has 1 atom stereocenters. The summed E-state index contributed by atoms with van der Waals surface area (Å²) in [6, 6.07) is 0. The van der Waals surface area contributed by atoms with E-state index in [1.165, 1.54) is 0 Å². The van der Waals surface area contributed by atoms with Gasteiger partial charge in [-0.05, 0) is 25.3 Å². The Bertz CT molecular complexity index is 120. The number of nitrogens with two attached hydrogens (primary N) is 2. The van der Waals surface area contributed by atoms with Gasteiger partial charge in [-0.3, -0.25) is 4.79 Å². The van der Waals surface area contributed by atoms with Crippen molar-refractivity contribution < 1.29 is 4.79 Å². The maximum Gasteiger partial charge on any atom is 0.217 e. The zero-order chi connectivity index (χ0) is 9.40. The monoisotopic (exact) mass is 172 g/mol. The SMILES string of the molecule is CCCC(CCN)CCC(N)=O. The zero-order valence-corrected chi connectivity index (χ0v) is 7.88. The predicted octanol–water partition coefficient (Wildman–Crippen LogP) is 1.02. The van der Waals surface area contributed by atoms with Crippen LogP contribution in [0, 0.1) is 5.92 Å². The molecule has 0 aliphatic rings. The van der Waals surface area contributed by atoms with Gasteiger partial charge >= 0.3 is 0 Å². The molecule has 1 amide bonds. The van der Waals surface area contributed by atoms with Crippen LogP contribution in [0.5, 0.6) is 0 Å². The lowest BCUT2D eigenvalue weighted by atomic mass is 9.94. The molecule has 0 aliphatic heterocycles. The molecule has 3 heteroatoms. The number of amides is 1. The second-order valence-corrected chi connectivity index (χ2v) is 3.24. The molecule has 12 heavy (non-hydrogen) atoms. The normalized spacial score (nSPS) is 12.8. The van der Waals surface area contributed by atoms with E-state index in [-0.39, 0.29) is 5.91 Å². The van der Waals surface area contributed by atoms with Crippen LogP contribution in [0.1, 0.15) is 39.0 Å². The number of carbonyl (C=O) groups is 1. The van der Waals surface area contributed by atoms with Gasteiger partial charge in [0.1, 0.15) is 0 Å². The molecule has 0 aromatic heterocycles. The minimum atomic E-state index is -0.201. The van der Waals surface area contributed by atoms with Gasteiger partial charge in [0, 0.05) is 6.42 Å². The highest BCUT2D eigenvalue weighted by Crippen LogP contribution is 2.16. The molecule has 0 saturated carbocycles. The number of hydrogen-bond donors (Lipinski definition) is 2. The van der Waals surface area contributed by atoms with Crippen molar-refractivity contribution in [3.05, 3.63) is 0 Å². The van der Waals surface area contributed by atoms with Gasteiger partial charge < -0.3 is 11.5 Å². The fourth-order valence-electron chi connectivity index (χ4n) is 1.42. The van der Waals surface area contributed by atoms with Gasteiger partial charge in [0.2, 0.25) is 5.91 Å². The van der Waals surface area contributed by atoms with Crippen molar-refractivity contribution in [1.82, 2.24) is 0 Å². The summed E-state index contributed by atoms with van der Waals surface area (Å²) in [7, 11) is 0. The summed E-state index contributed by atoms with van der Waals surface area (Å²) >= 11 is 0. The van der Waals surface area contributed by atoms with Gasteiger partial charge in [-0.2, -0.15) is 0 Å². The molecule has 0 radical (unpaired) electrons. The number of hydrogen-bond acceptors (Lipinski definition) is 2. The van der Waals surface area contributed by atoms with E-state index in [1.807, 2.05) is 0 Å². The predicted molar refractivity (Wildman–Crippen MR) is 50.5 cm³/mol. The fourth-order valence-corrected chi connectivity index (χ4v) is 1.42. The van der Waals surface area contributed by atoms with Crippen LogP contribution in [-0.4, -0.2) is 12.5 Å². The summed E-state index contributed by atoms with van der Waals surface area (Å²) < 4.78 is 0. The van der Waals surface area contributed by atoms with E-state index in [9.17, 15) is 4.79 Å². The van der Waals surface area contributed by atoms with Crippen molar-refractivity contribution in [2.75, 3.05) is 6.54 Å². The average molecular weight is 172 g/mol. The lowest BCUT2D eigenvalue weighted by Crippen LogP contribution is -2.15. The van der Waals surface area contributed by atoms with Crippen molar-refractivity contribution in [3.63, 3.8) is 0 Å². The van der Waals surface area contributed by atoms with E-state index < -0.39 is 0 Å². The van der Waals surface area contributed by atoms with Crippen LogP contribution >= 0.6 is 0 Å². The summed E-state index contributed by atoms with van der Waals surface area (Å²) in [4.78, 5) is 10.5. The minimum absolute atomic E-state index is 0.201. The molecule has 4 N–H and O–H groups in total. The summed E-state index contributed by atoms with van der Waals surface area (Å²) in [5.74, 6) is 0.389. The van der Waals surface area contributed by atoms with E-state index in [2.05, 4.69) is 6.92 Å². The van der Waals surface area contributed by atoms with Crippen molar-refractivity contribution in [2.24, 2.45) is 17.4 Å². The second-order valence-electron chi connectivity index (χ2n) is 3.24. The van der Waals surface area contributed by atoms with E-state index in [4.69, 9.17) is 11.5 Å². The summed E-state index contributed by atoms with van der Waals surface area (Å²) in [5.41, 5.74) is 10.5. The Balaban J connectivity index is 3.54. The number of rotatable bonds is 7. The number of primary amides is 1. The molecule has 3 nitrogen and oxygen atoms in total. The lowest BCUT2D eigenvalue weighted by molar-refractivity contribution is -0.118. The van der Waals surface area contributed by atoms with Gasteiger partial charge in [0.25, 0.3) is 0 Å². The van der Waals surface area contributed by atoms with Gasteiger partial charge in [0.15, 0.2) is 0 Å². The first-order valence-electron chi connectivity index (χ1n) is 4.69. The lowest BCUT2D eigenvalue weighted by Gasteiger charge is -2.13. The Hall–Kier alpha value is -0.570. The van der Waals surface area contributed by atoms with Crippen LogP contribution in [0.4, 0.5) is 0 Å². The van der Waals surface area contributed by atoms with E-state index in [1.54, 1.807) is 0 Å². The second kappa shape index (κ2) is 7.10. The molecule has 72 valence electrons. The quantitative estimate of drug-likeness (QED) is 0.602. The number of carbonyl (C=O) groups excluding carboxylic acids is 1. The van der Waals surface area contributed by atoms with E-state index >= 15 is 0 Å². The summed E-state index contributed by atoms with van der Waals surface area (Å²) in [6.07, 6.45) is 4.74. The first kappa shape index (κ1) is 11.4. The maximum atomic E-state index is 10.5. The van der Waals surface area contributed by atoms with Crippen molar-refractivity contribution in [2.45, 2.75) is 39.0 Å². The standard InChI is InChI=1S/C9H20N2O/c1-2-3-8(6-7-10)4-5-9(11)12/h8H,2-7,10H2,1H3,(H2,11,12). The van der Waals surface area contributed by atoms with Gasteiger partial charge in [0.05, 0.1) is 0 Å². The van der Waals surface area contributed by atoms with Crippen molar-refractivity contribution in [1.29, 1.82) is 0 Å². The molecule has 0 bridgehead atoms. The first-order chi connectivity index (χ1) is 5.70. The van der Waals surface area contributed by atoms with Crippen molar-refractivity contribution in [3.8, 4) is 0 Å². The Labute approximate surface area is 74.5 Å². The fraction of sp³-hybridized carbons (Fsp3) is 0.889. The third-order valence-electron chi connectivity index (χ3n) is 2.07.